The van der Waals surface area contributed by atoms with Gasteiger partial charge in [-0.25, -0.2) is 8.42 Å². The van der Waals surface area contributed by atoms with Crippen LogP contribution in [-0.4, -0.2) is 14.2 Å². The van der Waals surface area contributed by atoms with Gasteiger partial charge in [-0.15, -0.1) is 0 Å². The molecule has 18 heavy (non-hydrogen) atoms. The second-order valence-electron chi connectivity index (χ2n) is 4.60. The number of rotatable bonds is 6. The molecule has 3 heteroatoms. The largest absolute Gasteiger partial charge is 0.224 e. The molecule has 1 aromatic carbocycles. The molecular weight excluding hydrogens is 244 g/mol. The SMILES string of the molecule is C/C=C\CC(C)c1cccc(S(=O)(=O)CCC)c1. The Kier molecular flexibility index (Phi) is 5.60. The summed E-state index contributed by atoms with van der Waals surface area (Å²) in [5, 5.41) is 0. The molecule has 0 spiro atoms. The van der Waals surface area contributed by atoms with Crippen molar-refractivity contribution in [2.45, 2.75) is 44.4 Å². The van der Waals surface area contributed by atoms with Crippen molar-refractivity contribution in [1.29, 1.82) is 0 Å². The third kappa shape index (κ3) is 3.98. The molecule has 1 atom stereocenters. The molecule has 0 aliphatic rings. The lowest BCUT2D eigenvalue weighted by molar-refractivity contribution is 0.594. The van der Waals surface area contributed by atoms with Gasteiger partial charge in [0.25, 0.3) is 0 Å². The average Bonchev–Trinajstić information content (AvgIpc) is 2.36. The first kappa shape index (κ1) is 15.0. The van der Waals surface area contributed by atoms with Crippen LogP contribution in [-0.2, 0) is 9.84 Å². The smallest absolute Gasteiger partial charge is 0.178 e. The van der Waals surface area contributed by atoms with Crippen LogP contribution < -0.4 is 0 Å². The van der Waals surface area contributed by atoms with Crippen LogP contribution in [0, 0.1) is 0 Å². The maximum atomic E-state index is 12.0. The highest BCUT2D eigenvalue weighted by molar-refractivity contribution is 7.91. The first-order valence-corrected chi connectivity index (χ1v) is 8.10. The van der Waals surface area contributed by atoms with Crippen LogP contribution in [0.25, 0.3) is 0 Å². The lowest BCUT2D eigenvalue weighted by Gasteiger charge is -2.11. The van der Waals surface area contributed by atoms with Gasteiger partial charge in [0.1, 0.15) is 0 Å². The minimum Gasteiger partial charge on any atom is -0.224 e. The topological polar surface area (TPSA) is 34.1 Å². The predicted octanol–water partition coefficient (Wildman–Crippen LogP) is 3.94. The third-order valence-corrected chi connectivity index (χ3v) is 4.90. The van der Waals surface area contributed by atoms with E-state index < -0.39 is 9.84 Å². The summed E-state index contributed by atoms with van der Waals surface area (Å²) < 4.78 is 24.0. The van der Waals surface area contributed by atoms with Crippen molar-refractivity contribution in [3.63, 3.8) is 0 Å². The van der Waals surface area contributed by atoms with Gasteiger partial charge in [-0.2, -0.15) is 0 Å². The minimum absolute atomic E-state index is 0.222. The van der Waals surface area contributed by atoms with E-state index in [1.165, 1.54) is 0 Å². The second-order valence-corrected chi connectivity index (χ2v) is 6.71. The van der Waals surface area contributed by atoms with Crippen molar-refractivity contribution >= 4 is 9.84 Å². The normalized spacial score (nSPS) is 13.9. The van der Waals surface area contributed by atoms with E-state index in [9.17, 15) is 8.42 Å². The zero-order valence-corrected chi connectivity index (χ0v) is 12.2. The summed E-state index contributed by atoms with van der Waals surface area (Å²) in [5.74, 6) is 0.567. The van der Waals surface area contributed by atoms with Gasteiger partial charge in [0.05, 0.1) is 10.6 Å². The number of sulfone groups is 1. The van der Waals surface area contributed by atoms with Gasteiger partial charge in [-0.1, -0.05) is 38.1 Å². The van der Waals surface area contributed by atoms with Crippen LogP contribution in [0.1, 0.15) is 45.1 Å². The summed E-state index contributed by atoms with van der Waals surface area (Å²) in [4.78, 5) is 0.453. The van der Waals surface area contributed by atoms with Gasteiger partial charge in [0, 0.05) is 0 Å². The first-order valence-electron chi connectivity index (χ1n) is 6.45. The van der Waals surface area contributed by atoms with Gasteiger partial charge in [-0.3, -0.25) is 0 Å². The van der Waals surface area contributed by atoms with Gasteiger partial charge < -0.3 is 0 Å². The van der Waals surface area contributed by atoms with Crippen LogP contribution in [0.5, 0.6) is 0 Å². The molecule has 1 unspecified atom stereocenters. The summed E-state index contributed by atoms with van der Waals surface area (Å²) >= 11 is 0. The van der Waals surface area contributed by atoms with Crippen molar-refractivity contribution in [2.24, 2.45) is 0 Å². The Bertz CT molecular complexity index is 501. The Morgan fingerprint density at radius 3 is 2.67 bits per heavy atom. The Labute approximate surface area is 111 Å². The number of benzene rings is 1. The molecule has 0 N–H and O–H groups in total. The highest BCUT2D eigenvalue weighted by atomic mass is 32.2. The summed E-state index contributed by atoms with van der Waals surface area (Å²) in [6, 6.07) is 7.35. The quantitative estimate of drug-likeness (QED) is 0.731. The maximum absolute atomic E-state index is 12.0. The number of hydrogen-bond acceptors (Lipinski definition) is 2. The molecule has 100 valence electrons. The van der Waals surface area contributed by atoms with E-state index in [1.54, 1.807) is 6.07 Å². The highest BCUT2D eigenvalue weighted by Gasteiger charge is 2.14. The molecule has 0 amide bonds. The molecule has 0 bridgehead atoms. The van der Waals surface area contributed by atoms with Gasteiger partial charge in [-0.05, 0) is 43.4 Å². The van der Waals surface area contributed by atoms with E-state index in [0.29, 0.717) is 17.2 Å². The van der Waals surface area contributed by atoms with E-state index >= 15 is 0 Å². The second kappa shape index (κ2) is 6.74. The van der Waals surface area contributed by atoms with Crippen LogP contribution in [0.4, 0.5) is 0 Å². The predicted molar refractivity (Wildman–Crippen MR) is 76.6 cm³/mol. The molecule has 0 saturated heterocycles. The molecule has 0 aliphatic carbocycles. The Hall–Kier alpha value is -1.09. The van der Waals surface area contributed by atoms with Crippen LogP contribution in [0.2, 0.25) is 0 Å². The zero-order chi connectivity index (χ0) is 13.6. The van der Waals surface area contributed by atoms with Crippen LogP contribution in [0.15, 0.2) is 41.3 Å². The van der Waals surface area contributed by atoms with Crippen molar-refractivity contribution in [2.75, 3.05) is 5.75 Å². The van der Waals surface area contributed by atoms with E-state index in [-0.39, 0.29) is 5.75 Å². The third-order valence-electron chi connectivity index (χ3n) is 2.98. The molecule has 0 heterocycles. The molecule has 2 nitrogen and oxygen atoms in total. The van der Waals surface area contributed by atoms with E-state index in [4.69, 9.17) is 0 Å². The van der Waals surface area contributed by atoms with E-state index in [2.05, 4.69) is 13.0 Å². The van der Waals surface area contributed by atoms with Gasteiger partial charge in [0.15, 0.2) is 9.84 Å². The monoisotopic (exact) mass is 266 g/mol. The van der Waals surface area contributed by atoms with Gasteiger partial charge in [0.2, 0.25) is 0 Å². The summed E-state index contributed by atoms with van der Waals surface area (Å²) in [6.45, 7) is 6.00. The summed E-state index contributed by atoms with van der Waals surface area (Å²) in [7, 11) is -3.10. The molecule has 0 fully saturated rings. The molecule has 0 aromatic heterocycles. The Morgan fingerprint density at radius 1 is 1.33 bits per heavy atom. The number of hydrogen-bond donors (Lipinski definition) is 0. The van der Waals surface area contributed by atoms with Gasteiger partial charge >= 0.3 is 0 Å². The number of allylic oxidation sites excluding steroid dienone is 2. The minimum atomic E-state index is -3.10. The standard InChI is InChI=1S/C15H22O2S/c1-4-6-8-13(3)14-9-7-10-15(12-14)18(16,17)11-5-2/h4,6-7,9-10,12-13H,5,8,11H2,1-3H3/b6-4-. The first-order chi connectivity index (χ1) is 8.51. The molecule has 0 radical (unpaired) electrons. The summed E-state index contributed by atoms with van der Waals surface area (Å²) in [5.41, 5.74) is 1.09. The summed E-state index contributed by atoms with van der Waals surface area (Å²) in [6.07, 6.45) is 5.72. The lowest BCUT2D eigenvalue weighted by Crippen LogP contribution is -2.06. The zero-order valence-electron chi connectivity index (χ0n) is 11.4. The fourth-order valence-electron chi connectivity index (χ4n) is 1.88. The fraction of sp³-hybridized carbons (Fsp3) is 0.467. The Morgan fingerprint density at radius 2 is 2.06 bits per heavy atom. The van der Waals surface area contributed by atoms with E-state index in [1.807, 2.05) is 38.1 Å². The van der Waals surface area contributed by atoms with Crippen molar-refractivity contribution in [3.8, 4) is 0 Å². The Balaban J connectivity index is 2.99. The van der Waals surface area contributed by atoms with Crippen molar-refractivity contribution in [3.05, 3.63) is 42.0 Å². The molecule has 0 saturated carbocycles. The molecular formula is C15H22O2S. The molecule has 1 rings (SSSR count). The maximum Gasteiger partial charge on any atom is 0.178 e. The fourth-order valence-corrected chi connectivity index (χ4v) is 3.25. The molecule has 1 aromatic rings. The molecule has 0 aliphatic heterocycles. The lowest BCUT2D eigenvalue weighted by atomic mass is 9.98. The van der Waals surface area contributed by atoms with E-state index in [0.717, 1.165) is 12.0 Å². The average molecular weight is 266 g/mol. The van der Waals surface area contributed by atoms with Crippen molar-refractivity contribution < 1.29 is 8.42 Å². The van der Waals surface area contributed by atoms with Crippen LogP contribution in [0.3, 0.4) is 0 Å². The highest BCUT2D eigenvalue weighted by Crippen LogP contribution is 2.23. The van der Waals surface area contributed by atoms with Crippen LogP contribution >= 0.6 is 0 Å². The van der Waals surface area contributed by atoms with Crippen molar-refractivity contribution in [1.82, 2.24) is 0 Å².